The molecule has 0 bridgehead atoms. The summed E-state index contributed by atoms with van der Waals surface area (Å²) in [7, 11) is 1.49. The minimum Gasteiger partial charge on any atom is -0.456 e. The Balaban J connectivity index is 4.97. The summed E-state index contributed by atoms with van der Waals surface area (Å²) >= 11 is 0. The molecule has 0 saturated heterocycles. The molecular weight excluding hydrogens is 988 g/mol. The fourth-order valence-corrected chi connectivity index (χ4v) is 10.3. The molecule has 0 aromatic heterocycles. The van der Waals surface area contributed by atoms with E-state index < -0.39 is 20.0 Å². The van der Waals surface area contributed by atoms with Gasteiger partial charge in [-0.15, -0.1) is 0 Å². The van der Waals surface area contributed by atoms with Crippen molar-refractivity contribution in [2.45, 2.75) is 322 Å². The van der Waals surface area contributed by atoms with Crippen LogP contribution in [-0.2, 0) is 27.9 Å². The Labute approximate surface area is 483 Å². The van der Waals surface area contributed by atoms with Gasteiger partial charge in [0.15, 0.2) is 0 Å². The number of esters is 1. The van der Waals surface area contributed by atoms with E-state index in [4.69, 9.17) is 13.8 Å². The molecule has 0 radical (unpaired) electrons. The molecule has 10 heteroatoms. The average Bonchev–Trinajstić information content (AvgIpc) is 3.40. The zero-order valence-corrected chi connectivity index (χ0v) is 53.1. The number of unbranched alkanes of at least 4 members (excludes halogenated alkanes) is 36. The summed E-state index contributed by atoms with van der Waals surface area (Å²) in [6.07, 6.45) is 73.8. The quantitative estimate of drug-likeness (QED) is 0.0205. The number of ether oxygens (including phenoxy) is 1. The first-order chi connectivity index (χ1) is 37.9. The Kier molecular flexibility index (Phi) is 56.2. The molecule has 0 rings (SSSR count). The largest absolute Gasteiger partial charge is 0.472 e. The van der Waals surface area contributed by atoms with E-state index in [1.807, 2.05) is 33.3 Å². The third-order valence-electron chi connectivity index (χ3n) is 14.7. The number of nitrogens with one attached hydrogen (secondary N) is 1. The molecule has 1 amide bonds. The summed E-state index contributed by atoms with van der Waals surface area (Å²) in [6, 6.07) is -0.851. The second-order valence-electron chi connectivity index (χ2n) is 23.6. The van der Waals surface area contributed by atoms with Crippen LogP contribution in [0.5, 0.6) is 0 Å². The minimum absolute atomic E-state index is 0.0386. The number of carbonyl (C=O) groups is 2. The first kappa shape index (κ1) is 75.7. The van der Waals surface area contributed by atoms with Crippen molar-refractivity contribution in [3.63, 3.8) is 0 Å². The molecule has 456 valence electrons. The fraction of sp³-hybridized carbons (Fsp3) is 0.824. The molecule has 0 aromatic rings. The summed E-state index contributed by atoms with van der Waals surface area (Å²) in [4.78, 5) is 37.7. The molecule has 78 heavy (non-hydrogen) atoms. The van der Waals surface area contributed by atoms with Crippen LogP contribution >= 0.6 is 7.82 Å². The van der Waals surface area contributed by atoms with Crippen LogP contribution in [0.3, 0.4) is 0 Å². The van der Waals surface area contributed by atoms with E-state index in [0.29, 0.717) is 23.9 Å². The zero-order chi connectivity index (χ0) is 57.2. The van der Waals surface area contributed by atoms with Gasteiger partial charge in [-0.2, -0.15) is 0 Å². The molecule has 0 aliphatic rings. The van der Waals surface area contributed by atoms with E-state index in [1.165, 1.54) is 186 Å². The fourth-order valence-electron chi connectivity index (χ4n) is 9.60. The van der Waals surface area contributed by atoms with Gasteiger partial charge in [-0.25, -0.2) is 4.57 Å². The van der Waals surface area contributed by atoms with Gasteiger partial charge in [0, 0.05) is 12.8 Å². The molecule has 0 saturated carbocycles. The van der Waals surface area contributed by atoms with Crippen molar-refractivity contribution in [3.05, 3.63) is 60.8 Å². The summed E-state index contributed by atoms with van der Waals surface area (Å²) < 4.78 is 30.7. The topological polar surface area (TPSA) is 111 Å². The number of allylic oxidation sites excluding steroid dienone is 9. The number of phosphoric acid groups is 1. The second-order valence-corrected chi connectivity index (χ2v) is 25.1. The third-order valence-corrected chi connectivity index (χ3v) is 15.7. The van der Waals surface area contributed by atoms with Gasteiger partial charge in [-0.3, -0.25) is 18.6 Å². The van der Waals surface area contributed by atoms with Gasteiger partial charge >= 0.3 is 13.8 Å². The number of nitrogens with zero attached hydrogens (tertiary/aromatic N) is 1. The van der Waals surface area contributed by atoms with E-state index >= 15 is 0 Å². The number of rotatable bonds is 60. The van der Waals surface area contributed by atoms with Gasteiger partial charge in [0.25, 0.3) is 0 Å². The summed E-state index contributed by atoms with van der Waals surface area (Å²) in [5, 5.41) is 3.05. The maximum atomic E-state index is 13.5. The van der Waals surface area contributed by atoms with Gasteiger partial charge < -0.3 is 19.4 Å². The number of likely N-dealkylation sites (N-methyl/N-ethyl adjacent to an activating group) is 1. The lowest BCUT2D eigenvalue weighted by molar-refractivity contribution is -0.870. The van der Waals surface area contributed by atoms with E-state index in [0.717, 1.165) is 89.9 Å². The number of hydrogen-bond donors (Lipinski definition) is 2. The van der Waals surface area contributed by atoms with Crippen LogP contribution in [0.1, 0.15) is 310 Å². The standard InChI is InChI=1S/C68H127N2O7P/c1-7-10-13-16-19-22-25-27-29-30-31-32-33-34-35-36-37-38-39-40-41-43-46-49-52-55-58-61-68(72)77-66(59-56-53-50-47-44-24-21-18-15-12-9-3)65(64-76-78(73,74)75-63-62-70(4,5)6)69-67(71)60-57-54-51-48-45-42-28-26-23-20-17-14-11-8-2/h11,14,19-20,22-23,27,29,56,59,65-66H,7-10,12-13,15-18,21,24-26,28,30-55,57-58,60-64H2,1-6H3,(H-,69,71,73,74)/p+1/b14-11+,22-19-,23-20+,29-27-,59-56-. The Bertz CT molecular complexity index is 1520. The van der Waals surface area contributed by atoms with Crippen molar-refractivity contribution in [2.24, 2.45) is 0 Å². The minimum atomic E-state index is -4.45. The Hall–Kier alpha value is -2.29. The maximum absolute atomic E-state index is 13.5. The van der Waals surface area contributed by atoms with Crippen molar-refractivity contribution >= 4 is 19.7 Å². The molecule has 0 heterocycles. The molecule has 0 fully saturated rings. The highest BCUT2D eigenvalue weighted by Crippen LogP contribution is 2.43. The first-order valence-corrected chi connectivity index (χ1v) is 34.6. The van der Waals surface area contributed by atoms with Crippen LogP contribution in [0, 0.1) is 0 Å². The molecule has 3 unspecified atom stereocenters. The van der Waals surface area contributed by atoms with Gasteiger partial charge in [-0.1, -0.05) is 268 Å². The predicted octanol–water partition coefficient (Wildman–Crippen LogP) is 20.6. The zero-order valence-electron chi connectivity index (χ0n) is 52.2. The predicted molar refractivity (Wildman–Crippen MR) is 337 cm³/mol. The highest BCUT2D eigenvalue weighted by Gasteiger charge is 2.30. The maximum Gasteiger partial charge on any atom is 0.472 e. The molecule has 0 aliphatic carbocycles. The van der Waals surface area contributed by atoms with Crippen LogP contribution < -0.4 is 5.32 Å². The second kappa shape index (κ2) is 57.9. The van der Waals surface area contributed by atoms with Crippen LogP contribution in [0.25, 0.3) is 0 Å². The third kappa shape index (κ3) is 58.4. The number of carbonyl (C=O) groups excluding carboxylic acids is 2. The van der Waals surface area contributed by atoms with Crippen LogP contribution in [0.15, 0.2) is 60.8 Å². The van der Waals surface area contributed by atoms with Gasteiger partial charge in [-0.05, 0) is 89.5 Å². The lowest BCUT2D eigenvalue weighted by Gasteiger charge is -2.27. The van der Waals surface area contributed by atoms with Gasteiger partial charge in [0.2, 0.25) is 5.91 Å². The number of quaternary nitrogens is 1. The van der Waals surface area contributed by atoms with Crippen LogP contribution in [-0.4, -0.2) is 74.3 Å². The molecule has 3 atom stereocenters. The Morgan fingerprint density at radius 3 is 1.24 bits per heavy atom. The number of amides is 1. The highest BCUT2D eigenvalue weighted by atomic mass is 31.2. The molecule has 2 N–H and O–H groups in total. The number of hydrogen-bond acceptors (Lipinski definition) is 6. The van der Waals surface area contributed by atoms with E-state index in [9.17, 15) is 19.0 Å². The summed E-state index contributed by atoms with van der Waals surface area (Å²) in [5.41, 5.74) is 0. The Morgan fingerprint density at radius 1 is 0.462 bits per heavy atom. The van der Waals surface area contributed by atoms with Crippen molar-refractivity contribution in [3.8, 4) is 0 Å². The van der Waals surface area contributed by atoms with Crippen molar-refractivity contribution in [2.75, 3.05) is 40.9 Å². The lowest BCUT2D eigenvalue weighted by atomic mass is 10.0. The van der Waals surface area contributed by atoms with Crippen molar-refractivity contribution in [1.29, 1.82) is 0 Å². The van der Waals surface area contributed by atoms with Crippen LogP contribution in [0.2, 0.25) is 0 Å². The van der Waals surface area contributed by atoms with E-state index in [2.05, 4.69) is 74.7 Å². The SMILES string of the molecule is CC/C=C/C/C=C/CCCCCCCCCC(=O)NC(COP(=O)(O)OCC[N+](C)(C)C)C(/C=C\CCCCCCCCCCC)OC(=O)CCCCCCCCCCCCCCCCCCC/C=C\C/C=C\CCCCC. The van der Waals surface area contributed by atoms with Gasteiger partial charge in [0.1, 0.15) is 19.3 Å². The molecule has 0 aliphatic heterocycles. The smallest absolute Gasteiger partial charge is 0.456 e. The lowest BCUT2D eigenvalue weighted by Crippen LogP contribution is -2.47. The summed E-state index contributed by atoms with van der Waals surface area (Å²) in [5.74, 6) is -0.506. The molecule has 9 nitrogen and oxygen atoms in total. The van der Waals surface area contributed by atoms with Gasteiger partial charge in [0.05, 0.1) is 33.8 Å². The number of phosphoric ester groups is 1. The molecular formula is C68H128N2O7P+. The monoisotopic (exact) mass is 1120 g/mol. The van der Waals surface area contributed by atoms with E-state index in [-0.39, 0.29) is 25.1 Å². The van der Waals surface area contributed by atoms with E-state index in [1.54, 1.807) is 0 Å². The van der Waals surface area contributed by atoms with Crippen LogP contribution in [0.4, 0.5) is 0 Å². The van der Waals surface area contributed by atoms with Crippen molar-refractivity contribution in [1.82, 2.24) is 5.32 Å². The molecule has 0 aromatic carbocycles. The molecule has 0 spiro atoms. The highest BCUT2D eigenvalue weighted by molar-refractivity contribution is 7.47. The Morgan fingerprint density at radius 2 is 0.821 bits per heavy atom. The normalized spacial score (nSPS) is 14.0. The van der Waals surface area contributed by atoms with Crippen molar-refractivity contribution < 1.29 is 37.3 Å². The summed E-state index contributed by atoms with van der Waals surface area (Å²) in [6.45, 7) is 6.90. The average molecular weight is 1120 g/mol. The first-order valence-electron chi connectivity index (χ1n) is 33.1.